The first-order valence-corrected chi connectivity index (χ1v) is 17.9. The number of likely N-dealkylation sites (N-methyl/N-ethyl adjacent to an activating group) is 1. The van der Waals surface area contributed by atoms with E-state index >= 15 is 0 Å². The third-order valence-corrected chi connectivity index (χ3v) is 7.94. The smallest absolute Gasteiger partial charge is 0.309 e. The van der Waals surface area contributed by atoms with E-state index in [-0.39, 0.29) is 18.4 Å². The minimum Gasteiger partial charge on any atom is -0.466 e. The molecule has 0 aliphatic rings. The van der Waals surface area contributed by atoms with Crippen molar-refractivity contribution in [1.29, 1.82) is 0 Å². The van der Waals surface area contributed by atoms with Gasteiger partial charge in [-0.3, -0.25) is 9.59 Å². The molecule has 0 N–H and O–H groups in total. The highest BCUT2D eigenvalue weighted by molar-refractivity contribution is 5.72. The van der Waals surface area contributed by atoms with Crippen LogP contribution in [0, 0.1) is 0 Å². The minimum atomic E-state index is -0.422. The average molecular weight is 583 g/mol. The van der Waals surface area contributed by atoms with Crippen molar-refractivity contribution in [2.24, 2.45) is 0 Å². The van der Waals surface area contributed by atoms with E-state index in [0.29, 0.717) is 24.1 Å². The molecule has 0 radical (unpaired) electrons. The van der Waals surface area contributed by atoms with Crippen molar-refractivity contribution in [3.05, 3.63) is 0 Å². The van der Waals surface area contributed by atoms with Gasteiger partial charge in [-0.15, -0.1) is 0 Å². The molecule has 0 aromatic rings. The van der Waals surface area contributed by atoms with E-state index in [0.717, 1.165) is 25.7 Å². The van der Waals surface area contributed by atoms with Crippen molar-refractivity contribution in [3.8, 4) is 0 Å². The van der Waals surface area contributed by atoms with Gasteiger partial charge in [-0.05, 0) is 12.8 Å². The van der Waals surface area contributed by atoms with E-state index < -0.39 is 6.10 Å². The standard InChI is InChI=1S/C36H72NO4/c1-6-8-10-12-14-16-17-18-19-20-21-22-24-26-28-30-35(38)41-34(33-37(3,4)5)32-36(39)40-31-29-27-25-23-15-13-11-9-7-2/h34H,6-33H2,1-5H3/q+1/t34-/m1/s1. The van der Waals surface area contributed by atoms with Gasteiger partial charge >= 0.3 is 11.9 Å². The SMILES string of the molecule is CCCCCCCCCCCCCCCCCC(=O)O[C@H](CC(=O)OCCCCCCCCCCC)C[N+](C)(C)C. The predicted octanol–water partition coefficient (Wildman–Crippen LogP) is 10.3. The number of nitrogens with zero attached hydrogens (tertiary/aromatic N) is 1. The van der Waals surface area contributed by atoms with Crippen LogP contribution in [0.4, 0.5) is 0 Å². The fraction of sp³-hybridized carbons (Fsp3) is 0.944. The first-order chi connectivity index (χ1) is 19.8. The molecule has 0 bridgehead atoms. The van der Waals surface area contributed by atoms with E-state index in [2.05, 4.69) is 35.0 Å². The van der Waals surface area contributed by atoms with Crippen LogP contribution in [-0.4, -0.2) is 56.8 Å². The molecule has 0 amide bonds. The second kappa shape index (κ2) is 29.0. The quantitative estimate of drug-likeness (QED) is 0.0463. The highest BCUT2D eigenvalue weighted by Gasteiger charge is 2.25. The van der Waals surface area contributed by atoms with E-state index in [1.807, 2.05) is 0 Å². The van der Waals surface area contributed by atoms with Crippen LogP contribution in [0.1, 0.15) is 181 Å². The molecule has 0 saturated heterocycles. The van der Waals surface area contributed by atoms with Gasteiger partial charge in [0.2, 0.25) is 0 Å². The summed E-state index contributed by atoms with van der Waals surface area (Å²) in [6, 6.07) is 0. The van der Waals surface area contributed by atoms with Crippen LogP contribution in [0.25, 0.3) is 0 Å². The Labute approximate surface area is 256 Å². The molecule has 5 nitrogen and oxygen atoms in total. The van der Waals surface area contributed by atoms with E-state index in [9.17, 15) is 9.59 Å². The van der Waals surface area contributed by atoms with E-state index in [1.54, 1.807) is 0 Å². The van der Waals surface area contributed by atoms with Gasteiger partial charge in [0, 0.05) is 6.42 Å². The first kappa shape index (κ1) is 39.9. The normalized spacial score (nSPS) is 12.4. The van der Waals surface area contributed by atoms with Crippen molar-refractivity contribution in [3.63, 3.8) is 0 Å². The molecule has 0 aromatic heterocycles. The van der Waals surface area contributed by atoms with Gasteiger partial charge < -0.3 is 14.0 Å². The maximum absolute atomic E-state index is 12.5. The Bertz CT molecular complexity index is 587. The van der Waals surface area contributed by atoms with E-state index in [1.165, 1.54) is 128 Å². The Morgan fingerprint density at radius 1 is 0.512 bits per heavy atom. The minimum absolute atomic E-state index is 0.150. The van der Waals surface area contributed by atoms with Crippen LogP contribution in [0.3, 0.4) is 0 Å². The van der Waals surface area contributed by atoms with Crippen molar-refractivity contribution in [2.45, 2.75) is 187 Å². The van der Waals surface area contributed by atoms with Crippen molar-refractivity contribution in [2.75, 3.05) is 34.3 Å². The molecule has 0 aliphatic carbocycles. The number of hydrogen-bond acceptors (Lipinski definition) is 4. The molecule has 0 aliphatic heterocycles. The van der Waals surface area contributed by atoms with Crippen molar-refractivity contribution < 1.29 is 23.5 Å². The lowest BCUT2D eigenvalue weighted by molar-refractivity contribution is -0.873. The van der Waals surface area contributed by atoms with Crippen LogP contribution in [-0.2, 0) is 19.1 Å². The molecule has 41 heavy (non-hydrogen) atoms. The number of quaternary nitrogens is 1. The number of rotatable bonds is 31. The summed E-state index contributed by atoms with van der Waals surface area (Å²) in [6.45, 7) is 5.60. The molecule has 0 rings (SSSR count). The van der Waals surface area contributed by atoms with Crippen LogP contribution < -0.4 is 0 Å². The van der Waals surface area contributed by atoms with Gasteiger partial charge in [-0.2, -0.15) is 0 Å². The highest BCUT2D eigenvalue weighted by Crippen LogP contribution is 2.15. The zero-order valence-electron chi connectivity index (χ0n) is 28.5. The van der Waals surface area contributed by atoms with Gasteiger partial charge in [0.15, 0.2) is 6.10 Å². The zero-order valence-corrected chi connectivity index (χ0v) is 28.5. The van der Waals surface area contributed by atoms with Crippen LogP contribution in [0.5, 0.6) is 0 Å². The molecule has 0 saturated carbocycles. The molecule has 0 fully saturated rings. The van der Waals surface area contributed by atoms with Crippen molar-refractivity contribution in [1.82, 2.24) is 0 Å². The number of carbonyl (C=O) groups is 2. The summed E-state index contributed by atoms with van der Waals surface area (Å²) in [5.41, 5.74) is 0. The molecular weight excluding hydrogens is 510 g/mol. The van der Waals surface area contributed by atoms with E-state index in [4.69, 9.17) is 9.47 Å². The van der Waals surface area contributed by atoms with Gasteiger partial charge in [-0.25, -0.2) is 0 Å². The third-order valence-electron chi connectivity index (χ3n) is 7.94. The van der Waals surface area contributed by atoms with Gasteiger partial charge in [0.05, 0.1) is 34.2 Å². The number of hydrogen-bond donors (Lipinski definition) is 0. The Hall–Kier alpha value is -1.10. The van der Waals surface area contributed by atoms with Crippen LogP contribution >= 0.6 is 0 Å². The monoisotopic (exact) mass is 583 g/mol. The lowest BCUT2D eigenvalue weighted by Gasteiger charge is -2.28. The predicted molar refractivity (Wildman–Crippen MR) is 175 cm³/mol. The summed E-state index contributed by atoms with van der Waals surface area (Å²) in [7, 11) is 6.18. The third kappa shape index (κ3) is 31.7. The largest absolute Gasteiger partial charge is 0.466 e. The van der Waals surface area contributed by atoms with Gasteiger partial charge in [0.25, 0.3) is 0 Å². The summed E-state index contributed by atoms with van der Waals surface area (Å²) in [4.78, 5) is 25.0. The maximum Gasteiger partial charge on any atom is 0.309 e. The highest BCUT2D eigenvalue weighted by atomic mass is 16.6. The Balaban J connectivity index is 3.88. The average Bonchev–Trinajstić information content (AvgIpc) is 2.91. The number of ether oxygens (including phenoxy) is 2. The number of carbonyl (C=O) groups excluding carboxylic acids is 2. The van der Waals surface area contributed by atoms with Gasteiger partial charge in [0.1, 0.15) is 6.54 Å². The molecular formula is C36H72NO4+. The van der Waals surface area contributed by atoms with Crippen molar-refractivity contribution >= 4 is 11.9 Å². The second-order valence-electron chi connectivity index (χ2n) is 13.5. The van der Waals surface area contributed by atoms with Crippen LogP contribution in [0.15, 0.2) is 0 Å². The molecule has 5 heteroatoms. The lowest BCUT2D eigenvalue weighted by atomic mass is 10.0. The molecule has 0 unspecified atom stereocenters. The molecule has 1 atom stereocenters. The second-order valence-corrected chi connectivity index (χ2v) is 13.5. The first-order valence-electron chi connectivity index (χ1n) is 17.9. The number of esters is 2. The molecule has 244 valence electrons. The van der Waals surface area contributed by atoms with Crippen LogP contribution in [0.2, 0.25) is 0 Å². The molecule has 0 heterocycles. The van der Waals surface area contributed by atoms with Gasteiger partial charge in [-0.1, -0.05) is 155 Å². The number of unbranched alkanes of at least 4 members (excludes halogenated alkanes) is 22. The fourth-order valence-corrected chi connectivity index (χ4v) is 5.48. The summed E-state index contributed by atoms with van der Waals surface area (Å²) in [5, 5.41) is 0. The summed E-state index contributed by atoms with van der Waals surface area (Å²) in [5.74, 6) is -0.423. The fourth-order valence-electron chi connectivity index (χ4n) is 5.48. The summed E-state index contributed by atoms with van der Waals surface area (Å²) >= 11 is 0. The topological polar surface area (TPSA) is 52.6 Å². The lowest BCUT2D eigenvalue weighted by Crippen LogP contribution is -2.44. The maximum atomic E-state index is 12.5. The summed E-state index contributed by atoms with van der Waals surface area (Å²) in [6.07, 6.45) is 31.0. The molecule has 0 spiro atoms. The Morgan fingerprint density at radius 3 is 1.27 bits per heavy atom. The summed E-state index contributed by atoms with van der Waals surface area (Å²) < 4.78 is 11.9. The zero-order chi connectivity index (χ0) is 30.4. The Kier molecular flexibility index (Phi) is 28.2. The Morgan fingerprint density at radius 2 is 0.878 bits per heavy atom. The molecule has 0 aromatic carbocycles.